The molecule has 0 bridgehead atoms. The molecule has 4 nitrogen and oxygen atoms in total. The Morgan fingerprint density at radius 3 is 3.06 bits per heavy atom. The van der Waals surface area contributed by atoms with Crippen molar-refractivity contribution in [3.8, 4) is 11.5 Å². The largest absolute Gasteiger partial charge is 0.454 e. The van der Waals surface area contributed by atoms with Crippen LogP contribution >= 0.6 is 0 Å². The number of benzene rings is 1. The van der Waals surface area contributed by atoms with Gasteiger partial charge in [0.25, 0.3) is 0 Å². The zero-order valence-electron chi connectivity index (χ0n) is 10.2. The van der Waals surface area contributed by atoms with E-state index in [9.17, 15) is 0 Å². The van der Waals surface area contributed by atoms with Crippen molar-refractivity contribution in [2.24, 2.45) is 0 Å². The zero-order chi connectivity index (χ0) is 11.8. The maximum Gasteiger partial charge on any atom is 0.231 e. The number of nitrogens with one attached hydrogen (secondary N) is 1. The van der Waals surface area contributed by atoms with Gasteiger partial charge in [-0.25, -0.2) is 0 Å². The van der Waals surface area contributed by atoms with Gasteiger partial charge in [0.05, 0.1) is 6.61 Å². The summed E-state index contributed by atoms with van der Waals surface area (Å²) in [5, 5.41) is 3.25. The molecule has 2 aliphatic rings. The molecule has 1 N–H and O–H groups in total. The van der Waals surface area contributed by atoms with E-state index in [1.807, 2.05) is 13.1 Å². The summed E-state index contributed by atoms with van der Waals surface area (Å²) in [5.41, 5.74) is 2.47. The van der Waals surface area contributed by atoms with Gasteiger partial charge in [-0.2, -0.15) is 0 Å². The molecule has 0 spiro atoms. The van der Waals surface area contributed by atoms with Gasteiger partial charge in [0.15, 0.2) is 11.5 Å². The van der Waals surface area contributed by atoms with Gasteiger partial charge in [0, 0.05) is 11.6 Å². The van der Waals surface area contributed by atoms with E-state index in [0.717, 1.165) is 30.1 Å². The monoisotopic (exact) mass is 235 g/mol. The van der Waals surface area contributed by atoms with Gasteiger partial charge in [-0.3, -0.25) is 0 Å². The van der Waals surface area contributed by atoms with E-state index in [0.29, 0.717) is 6.79 Å². The van der Waals surface area contributed by atoms with Crippen LogP contribution in [0.2, 0.25) is 0 Å². The molecule has 0 aliphatic carbocycles. The fraction of sp³-hybridized carbons (Fsp3) is 0.538. The minimum absolute atomic E-state index is 0.0420. The number of ether oxygens (including phenoxy) is 3. The molecule has 2 atom stereocenters. The van der Waals surface area contributed by atoms with Crippen molar-refractivity contribution < 1.29 is 14.2 Å². The van der Waals surface area contributed by atoms with Crippen molar-refractivity contribution in [1.82, 2.24) is 5.32 Å². The molecular weight excluding hydrogens is 218 g/mol. The second-order valence-electron chi connectivity index (χ2n) is 4.49. The predicted molar refractivity (Wildman–Crippen MR) is 63.5 cm³/mol. The first-order valence-corrected chi connectivity index (χ1v) is 6.01. The first-order valence-electron chi connectivity index (χ1n) is 6.01. The fourth-order valence-corrected chi connectivity index (χ4v) is 2.49. The Morgan fingerprint density at radius 2 is 2.24 bits per heavy atom. The van der Waals surface area contributed by atoms with Crippen LogP contribution in [0.1, 0.15) is 24.2 Å². The quantitative estimate of drug-likeness (QED) is 0.846. The van der Waals surface area contributed by atoms with Gasteiger partial charge >= 0.3 is 0 Å². The summed E-state index contributed by atoms with van der Waals surface area (Å²) in [6, 6.07) is 4.37. The molecule has 2 aliphatic heterocycles. The Bertz CT molecular complexity index is 433. The number of hydrogen-bond donors (Lipinski definition) is 1. The first kappa shape index (κ1) is 10.9. The summed E-state index contributed by atoms with van der Waals surface area (Å²) in [7, 11) is 1.95. The lowest BCUT2D eigenvalue weighted by Gasteiger charge is -2.31. The molecule has 1 unspecified atom stereocenters. The number of likely N-dealkylation sites (N-methyl/N-ethyl adjacent to an activating group) is 1. The summed E-state index contributed by atoms with van der Waals surface area (Å²) in [4.78, 5) is 0. The van der Waals surface area contributed by atoms with Crippen molar-refractivity contribution in [2.45, 2.75) is 25.5 Å². The van der Waals surface area contributed by atoms with E-state index >= 15 is 0 Å². The average Bonchev–Trinajstić information content (AvgIpc) is 2.85. The smallest absolute Gasteiger partial charge is 0.231 e. The zero-order valence-corrected chi connectivity index (χ0v) is 10.2. The van der Waals surface area contributed by atoms with Gasteiger partial charge in [-0.1, -0.05) is 6.07 Å². The lowest BCUT2D eigenvalue weighted by molar-refractivity contribution is 0.0194. The average molecular weight is 235 g/mol. The molecule has 1 aromatic rings. The second kappa shape index (κ2) is 4.20. The molecule has 0 amide bonds. The van der Waals surface area contributed by atoms with Crippen LogP contribution in [-0.2, 0) is 11.2 Å². The molecule has 0 radical (unpaired) electrons. The molecule has 2 heterocycles. The second-order valence-corrected chi connectivity index (χ2v) is 4.49. The minimum atomic E-state index is 0.0420. The highest BCUT2D eigenvalue weighted by Crippen LogP contribution is 2.44. The number of rotatable bonds is 2. The fourth-order valence-electron chi connectivity index (χ4n) is 2.49. The maximum absolute atomic E-state index is 5.88. The molecule has 0 saturated carbocycles. The Labute approximate surface area is 101 Å². The molecule has 3 rings (SSSR count). The summed E-state index contributed by atoms with van der Waals surface area (Å²) in [6.07, 6.45) is 0.985. The van der Waals surface area contributed by atoms with E-state index < -0.39 is 0 Å². The summed E-state index contributed by atoms with van der Waals surface area (Å²) in [5.74, 6) is 1.71. The lowest BCUT2D eigenvalue weighted by atomic mass is 9.92. The van der Waals surface area contributed by atoms with E-state index in [4.69, 9.17) is 14.2 Å². The summed E-state index contributed by atoms with van der Waals surface area (Å²) >= 11 is 0. The van der Waals surface area contributed by atoms with Crippen LogP contribution in [0.4, 0.5) is 0 Å². The van der Waals surface area contributed by atoms with Crippen LogP contribution in [0.25, 0.3) is 0 Å². The van der Waals surface area contributed by atoms with E-state index in [1.54, 1.807) is 0 Å². The highest BCUT2D eigenvalue weighted by atomic mass is 16.7. The molecule has 1 aromatic carbocycles. The van der Waals surface area contributed by atoms with Crippen LogP contribution in [0.15, 0.2) is 12.1 Å². The van der Waals surface area contributed by atoms with Crippen molar-refractivity contribution >= 4 is 0 Å². The normalized spacial score (nSPS) is 23.3. The Morgan fingerprint density at radius 1 is 1.35 bits per heavy atom. The predicted octanol–water partition coefficient (Wildman–Crippen LogP) is 1.64. The third-order valence-corrected chi connectivity index (χ3v) is 3.53. The van der Waals surface area contributed by atoms with Gasteiger partial charge < -0.3 is 19.5 Å². The van der Waals surface area contributed by atoms with E-state index in [1.165, 1.54) is 5.56 Å². The molecule has 0 fully saturated rings. The van der Waals surface area contributed by atoms with Crippen LogP contribution in [0.3, 0.4) is 0 Å². The Kier molecular flexibility index (Phi) is 2.68. The Hall–Kier alpha value is -1.26. The first-order chi connectivity index (χ1) is 8.31. The van der Waals surface area contributed by atoms with Gasteiger partial charge in [0.2, 0.25) is 6.79 Å². The third-order valence-electron chi connectivity index (χ3n) is 3.53. The third kappa shape index (κ3) is 1.68. The lowest BCUT2D eigenvalue weighted by Crippen LogP contribution is -2.34. The van der Waals surface area contributed by atoms with Crippen LogP contribution < -0.4 is 14.8 Å². The van der Waals surface area contributed by atoms with Gasteiger partial charge in [-0.05, 0) is 32.0 Å². The highest BCUT2D eigenvalue weighted by Gasteiger charge is 2.32. The van der Waals surface area contributed by atoms with Crippen molar-refractivity contribution in [2.75, 3.05) is 20.4 Å². The summed E-state index contributed by atoms with van der Waals surface area (Å²) in [6.45, 7) is 3.20. The van der Waals surface area contributed by atoms with Crippen molar-refractivity contribution in [3.63, 3.8) is 0 Å². The number of fused-ring (bicyclic) bond motifs is 3. The van der Waals surface area contributed by atoms with Crippen molar-refractivity contribution in [3.05, 3.63) is 23.3 Å². The minimum Gasteiger partial charge on any atom is -0.454 e. The standard InChI is InChI=1S/C13H17NO3/c1-8(14-2)12-11-9(5-6-15-12)3-4-10-13(11)17-7-16-10/h3-4,8,12,14H,5-7H2,1-2H3/t8-,12?/m0/s1. The van der Waals surface area contributed by atoms with Crippen LogP contribution in [0.5, 0.6) is 11.5 Å². The Balaban J connectivity index is 2.08. The maximum atomic E-state index is 5.88. The SMILES string of the molecule is CN[C@@H](C)C1OCCc2ccc3c(c21)OCO3. The molecular formula is C13H17NO3. The molecule has 17 heavy (non-hydrogen) atoms. The number of hydrogen-bond acceptors (Lipinski definition) is 4. The topological polar surface area (TPSA) is 39.7 Å². The molecule has 4 heteroatoms. The highest BCUT2D eigenvalue weighted by molar-refractivity contribution is 5.54. The van der Waals surface area contributed by atoms with Gasteiger partial charge in [0.1, 0.15) is 6.10 Å². The molecule has 92 valence electrons. The van der Waals surface area contributed by atoms with E-state index in [2.05, 4.69) is 18.3 Å². The van der Waals surface area contributed by atoms with E-state index in [-0.39, 0.29) is 12.1 Å². The molecule has 0 saturated heterocycles. The summed E-state index contributed by atoms with van der Waals surface area (Å²) < 4.78 is 16.9. The van der Waals surface area contributed by atoms with Crippen LogP contribution in [0, 0.1) is 0 Å². The molecule has 0 aromatic heterocycles. The van der Waals surface area contributed by atoms with Crippen LogP contribution in [-0.4, -0.2) is 26.5 Å². The van der Waals surface area contributed by atoms with Gasteiger partial charge in [-0.15, -0.1) is 0 Å². The van der Waals surface area contributed by atoms with Crippen molar-refractivity contribution in [1.29, 1.82) is 0 Å².